The first-order valence-electron chi connectivity index (χ1n) is 9.54. The number of alkyl halides is 2. The highest BCUT2D eigenvalue weighted by Gasteiger charge is 2.34. The van der Waals surface area contributed by atoms with E-state index in [1.165, 1.54) is 12.1 Å². The van der Waals surface area contributed by atoms with Crippen LogP contribution in [0.3, 0.4) is 0 Å². The number of aliphatic carboxylic acids is 1. The lowest BCUT2D eigenvalue weighted by Gasteiger charge is -2.24. The molecule has 174 valence electrons. The Morgan fingerprint density at radius 3 is 2.66 bits per heavy atom. The summed E-state index contributed by atoms with van der Waals surface area (Å²) in [6, 6.07) is 4.01. The van der Waals surface area contributed by atoms with Gasteiger partial charge in [0, 0.05) is 19.6 Å². The highest BCUT2D eigenvalue weighted by molar-refractivity contribution is 6.31. The third kappa shape index (κ3) is 5.19. The van der Waals surface area contributed by atoms with Gasteiger partial charge in [-0.05, 0) is 18.2 Å². The van der Waals surface area contributed by atoms with Crippen molar-refractivity contribution in [1.29, 1.82) is 0 Å². The first kappa shape index (κ1) is 23.1. The Morgan fingerprint density at radius 1 is 1.25 bits per heavy atom. The Morgan fingerprint density at radius 2 is 2.00 bits per heavy atom. The van der Waals surface area contributed by atoms with Gasteiger partial charge < -0.3 is 20.1 Å². The standard InChI is InChI=1S/C18H20F3N5O6/c19-12-7-10(25-9-11(32-18(25)31)8-22-15(27)14(20)21)1-2-13(12)24-4-3-23-26(6-5-24)16(28)17(29)30/h1-2,7,11,14,23H,3-6,8-9H2,(H,22,27)(H,29,30)/t11-/m0/s1. The average molecular weight is 459 g/mol. The fourth-order valence-electron chi connectivity index (χ4n) is 3.31. The van der Waals surface area contributed by atoms with Gasteiger partial charge in [-0.2, -0.15) is 8.78 Å². The van der Waals surface area contributed by atoms with Crippen molar-refractivity contribution < 1.29 is 42.2 Å². The Kier molecular flexibility index (Phi) is 7.02. The van der Waals surface area contributed by atoms with Gasteiger partial charge >= 0.3 is 24.4 Å². The van der Waals surface area contributed by atoms with Crippen LogP contribution in [0, 0.1) is 5.82 Å². The van der Waals surface area contributed by atoms with E-state index in [4.69, 9.17) is 9.84 Å². The maximum absolute atomic E-state index is 14.8. The summed E-state index contributed by atoms with van der Waals surface area (Å²) in [6.07, 6.45) is -4.87. The number of rotatable bonds is 5. The number of hydrogen-bond acceptors (Lipinski definition) is 7. The summed E-state index contributed by atoms with van der Waals surface area (Å²) in [5, 5.41) is 11.7. The molecule has 2 aliphatic rings. The molecule has 0 aromatic heterocycles. The third-order valence-electron chi connectivity index (χ3n) is 4.87. The smallest absolute Gasteiger partial charge is 0.414 e. The maximum Gasteiger partial charge on any atom is 0.414 e. The van der Waals surface area contributed by atoms with Crippen LogP contribution < -0.4 is 20.5 Å². The molecule has 2 heterocycles. The van der Waals surface area contributed by atoms with Gasteiger partial charge in [0.15, 0.2) is 0 Å². The fraction of sp³-hybridized carbons (Fsp3) is 0.444. The van der Waals surface area contributed by atoms with E-state index in [9.17, 15) is 32.3 Å². The first-order valence-corrected chi connectivity index (χ1v) is 9.54. The molecule has 2 fully saturated rings. The molecule has 32 heavy (non-hydrogen) atoms. The summed E-state index contributed by atoms with van der Waals surface area (Å²) >= 11 is 0. The molecule has 1 atom stereocenters. The molecule has 1 aromatic rings. The number of hydrazine groups is 1. The van der Waals surface area contributed by atoms with Gasteiger partial charge in [-0.1, -0.05) is 0 Å². The van der Waals surface area contributed by atoms with Crippen molar-refractivity contribution in [2.24, 2.45) is 0 Å². The van der Waals surface area contributed by atoms with Crippen LogP contribution in [0.2, 0.25) is 0 Å². The maximum atomic E-state index is 14.8. The summed E-state index contributed by atoms with van der Waals surface area (Å²) < 4.78 is 44.3. The van der Waals surface area contributed by atoms with Gasteiger partial charge in [0.2, 0.25) is 0 Å². The van der Waals surface area contributed by atoms with Crippen LogP contribution in [0.15, 0.2) is 18.2 Å². The molecular weight excluding hydrogens is 439 g/mol. The number of nitrogens with zero attached hydrogens (tertiary/aromatic N) is 3. The number of nitrogens with one attached hydrogen (secondary N) is 2. The minimum Gasteiger partial charge on any atom is -0.474 e. The van der Waals surface area contributed by atoms with Crippen LogP contribution in [0.1, 0.15) is 0 Å². The molecule has 11 nitrogen and oxygen atoms in total. The van der Waals surface area contributed by atoms with Crippen LogP contribution in [-0.2, 0) is 19.1 Å². The van der Waals surface area contributed by atoms with E-state index < -0.39 is 42.2 Å². The van der Waals surface area contributed by atoms with Gasteiger partial charge in [0.1, 0.15) is 11.9 Å². The van der Waals surface area contributed by atoms with E-state index in [-0.39, 0.29) is 50.6 Å². The zero-order valence-corrected chi connectivity index (χ0v) is 16.6. The third-order valence-corrected chi connectivity index (χ3v) is 4.87. The second kappa shape index (κ2) is 9.72. The van der Waals surface area contributed by atoms with Gasteiger partial charge in [0.05, 0.1) is 31.0 Å². The van der Waals surface area contributed by atoms with Crippen molar-refractivity contribution in [2.45, 2.75) is 12.5 Å². The molecule has 2 saturated heterocycles. The molecule has 0 unspecified atom stereocenters. The lowest BCUT2D eigenvalue weighted by Crippen LogP contribution is -2.46. The van der Waals surface area contributed by atoms with Gasteiger partial charge in [0.25, 0.3) is 5.91 Å². The van der Waals surface area contributed by atoms with Crippen molar-refractivity contribution in [1.82, 2.24) is 15.8 Å². The Bertz CT molecular complexity index is 917. The quantitative estimate of drug-likeness (QED) is 0.515. The average Bonchev–Trinajstić information content (AvgIpc) is 2.95. The molecule has 0 aliphatic carbocycles. The minimum atomic E-state index is -3.19. The lowest BCUT2D eigenvalue weighted by molar-refractivity contribution is -0.157. The van der Waals surface area contributed by atoms with Crippen molar-refractivity contribution in [3.63, 3.8) is 0 Å². The van der Waals surface area contributed by atoms with E-state index in [1.807, 2.05) is 5.32 Å². The predicted octanol–water partition coefficient (Wildman–Crippen LogP) is -0.230. The molecule has 0 bridgehead atoms. The summed E-state index contributed by atoms with van der Waals surface area (Å²) in [5.41, 5.74) is 3.03. The molecule has 1 aromatic carbocycles. The number of amides is 3. The second-order valence-electron chi connectivity index (χ2n) is 6.96. The molecule has 0 radical (unpaired) electrons. The number of ether oxygens (including phenoxy) is 1. The molecule has 3 rings (SSSR count). The number of carboxylic acids is 1. The van der Waals surface area contributed by atoms with E-state index in [2.05, 4.69) is 5.43 Å². The Hall–Kier alpha value is -3.55. The highest BCUT2D eigenvalue weighted by Crippen LogP contribution is 2.28. The Balaban J connectivity index is 1.64. The highest BCUT2D eigenvalue weighted by atomic mass is 19.3. The van der Waals surface area contributed by atoms with E-state index in [1.54, 1.807) is 4.90 Å². The second-order valence-corrected chi connectivity index (χ2v) is 6.96. The van der Waals surface area contributed by atoms with Crippen molar-refractivity contribution >= 4 is 35.3 Å². The number of carboxylic acid groups (broad SMARTS) is 1. The number of halogens is 3. The zero-order chi connectivity index (χ0) is 23.4. The van der Waals surface area contributed by atoms with E-state index in [0.29, 0.717) is 0 Å². The predicted molar refractivity (Wildman–Crippen MR) is 103 cm³/mol. The van der Waals surface area contributed by atoms with Crippen LogP contribution >= 0.6 is 0 Å². The topological polar surface area (TPSA) is 132 Å². The largest absolute Gasteiger partial charge is 0.474 e. The monoisotopic (exact) mass is 459 g/mol. The molecule has 0 saturated carbocycles. The SMILES string of the molecule is O=C(O)C(=O)N1CCN(c2ccc(N3C[C@H](CNC(=O)C(F)F)OC3=O)cc2F)CCN1. The van der Waals surface area contributed by atoms with Crippen molar-refractivity contribution in [2.75, 3.05) is 49.1 Å². The van der Waals surface area contributed by atoms with E-state index >= 15 is 0 Å². The van der Waals surface area contributed by atoms with Crippen LogP contribution in [0.25, 0.3) is 0 Å². The Labute approximate surface area is 179 Å². The van der Waals surface area contributed by atoms with Gasteiger partial charge in [-0.15, -0.1) is 0 Å². The van der Waals surface area contributed by atoms with Gasteiger partial charge in [-0.3, -0.25) is 19.5 Å². The van der Waals surface area contributed by atoms with Crippen LogP contribution in [0.5, 0.6) is 0 Å². The first-order chi connectivity index (χ1) is 15.2. The molecule has 14 heteroatoms. The number of hydrogen-bond donors (Lipinski definition) is 3. The van der Waals surface area contributed by atoms with Crippen molar-refractivity contribution in [3.05, 3.63) is 24.0 Å². The molecule has 3 amide bonds. The summed E-state index contributed by atoms with van der Waals surface area (Å²) in [5.74, 6) is -4.87. The minimum absolute atomic E-state index is 0.0107. The normalized spacial score (nSPS) is 19.1. The van der Waals surface area contributed by atoms with Gasteiger partial charge in [-0.25, -0.2) is 19.4 Å². The number of benzene rings is 1. The zero-order valence-electron chi connectivity index (χ0n) is 16.6. The number of anilines is 2. The summed E-state index contributed by atoms with van der Waals surface area (Å²) in [7, 11) is 0. The fourth-order valence-corrected chi connectivity index (χ4v) is 3.31. The summed E-state index contributed by atoms with van der Waals surface area (Å²) in [4.78, 5) is 48.2. The number of cyclic esters (lactones) is 1. The number of carbonyl (C=O) groups is 4. The lowest BCUT2D eigenvalue weighted by atomic mass is 10.2. The molecule has 3 N–H and O–H groups in total. The summed E-state index contributed by atoms with van der Waals surface area (Å²) in [6.45, 7) is 0.290. The van der Waals surface area contributed by atoms with Crippen molar-refractivity contribution in [3.8, 4) is 0 Å². The van der Waals surface area contributed by atoms with E-state index in [0.717, 1.165) is 16.0 Å². The number of carbonyl (C=O) groups excluding carboxylic acids is 3. The molecule has 0 spiro atoms. The molecule has 2 aliphatic heterocycles. The van der Waals surface area contributed by atoms with Crippen LogP contribution in [0.4, 0.5) is 29.3 Å². The van der Waals surface area contributed by atoms with Crippen LogP contribution in [-0.4, -0.2) is 85.8 Å². The molecular formula is C18H20F3N5O6.